The number of nitrogens with zero attached hydrogens (tertiary/aromatic N) is 2. The first-order valence-electron chi connectivity index (χ1n) is 12.1. The summed E-state index contributed by atoms with van der Waals surface area (Å²) in [4.78, 5) is 18.1. The summed E-state index contributed by atoms with van der Waals surface area (Å²) in [6.07, 6.45) is 2.48. The zero-order valence-corrected chi connectivity index (χ0v) is 23.5. The molecule has 38 heavy (non-hydrogen) atoms. The summed E-state index contributed by atoms with van der Waals surface area (Å²) in [6, 6.07) is 7.45. The Morgan fingerprint density at radius 1 is 1.21 bits per heavy atom. The Kier molecular flexibility index (Phi) is 9.24. The SMILES string of the molecule is COc1cc(CN([C@H]2CCCCNC2=O)S(=O)(=O)c2ccc(F)c(Cl)c2)ccc1OCCc1scnc1C. The number of sulfonamides is 1. The smallest absolute Gasteiger partial charge is 0.244 e. The number of amides is 1. The van der Waals surface area contributed by atoms with Gasteiger partial charge in [0.2, 0.25) is 15.9 Å². The van der Waals surface area contributed by atoms with E-state index in [-0.39, 0.29) is 22.4 Å². The lowest BCUT2D eigenvalue weighted by Gasteiger charge is -2.29. The Morgan fingerprint density at radius 3 is 2.74 bits per heavy atom. The Labute approximate surface area is 230 Å². The molecule has 2 aromatic carbocycles. The number of carbonyl (C=O) groups excluding carboxylic acids is 1. The number of hydrogen-bond acceptors (Lipinski definition) is 7. The molecular formula is C26H29ClFN3O5S2. The van der Waals surface area contributed by atoms with Gasteiger partial charge in [0.1, 0.15) is 11.9 Å². The molecule has 0 saturated carbocycles. The monoisotopic (exact) mass is 581 g/mol. The molecule has 1 aromatic heterocycles. The predicted molar refractivity (Wildman–Crippen MR) is 144 cm³/mol. The van der Waals surface area contributed by atoms with Crippen LogP contribution in [-0.2, 0) is 27.8 Å². The molecular weight excluding hydrogens is 553 g/mol. The number of rotatable bonds is 10. The van der Waals surface area contributed by atoms with Crippen LogP contribution in [0.5, 0.6) is 11.5 Å². The van der Waals surface area contributed by atoms with Crippen LogP contribution >= 0.6 is 22.9 Å². The molecule has 1 aliphatic rings. The second-order valence-electron chi connectivity index (χ2n) is 8.87. The fraction of sp³-hybridized carbons (Fsp3) is 0.385. The molecule has 1 fully saturated rings. The second-order valence-corrected chi connectivity index (χ2v) is 12.1. The molecule has 1 amide bonds. The van der Waals surface area contributed by atoms with Crippen LogP contribution in [0.15, 0.2) is 46.8 Å². The highest BCUT2D eigenvalue weighted by Gasteiger charge is 2.37. The summed E-state index contributed by atoms with van der Waals surface area (Å²) < 4.78 is 53.9. The third-order valence-electron chi connectivity index (χ3n) is 6.35. The van der Waals surface area contributed by atoms with Crippen LogP contribution in [0.1, 0.15) is 35.4 Å². The lowest BCUT2D eigenvalue weighted by molar-refractivity contribution is -0.124. The van der Waals surface area contributed by atoms with Crippen molar-refractivity contribution in [2.45, 2.75) is 50.1 Å². The molecule has 1 N–H and O–H groups in total. The summed E-state index contributed by atoms with van der Waals surface area (Å²) in [6.45, 7) is 2.75. The molecule has 1 saturated heterocycles. The Balaban J connectivity index is 1.61. The molecule has 8 nitrogen and oxygen atoms in total. The molecule has 204 valence electrons. The highest BCUT2D eigenvalue weighted by atomic mass is 35.5. The topological polar surface area (TPSA) is 97.8 Å². The van der Waals surface area contributed by atoms with Crippen molar-refractivity contribution in [3.05, 3.63) is 68.9 Å². The van der Waals surface area contributed by atoms with Crippen molar-refractivity contribution in [1.82, 2.24) is 14.6 Å². The number of ether oxygens (including phenoxy) is 2. The van der Waals surface area contributed by atoms with Gasteiger partial charge in [-0.05, 0) is 62.1 Å². The van der Waals surface area contributed by atoms with Crippen molar-refractivity contribution in [3.63, 3.8) is 0 Å². The summed E-state index contributed by atoms with van der Waals surface area (Å²) in [7, 11) is -2.71. The predicted octanol–water partition coefficient (Wildman–Crippen LogP) is 4.73. The van der Waals surface area contributed by atoms with E-state index in [1.807, 2.05) is 6.92 Å². The average molecular weight is 582 g/mol. The Bertz CT molecular complexity index is 1400. The number of thiazole rings is 1. The fourth-order valence-corrected chi connectivity index (χ4v) is 6.90. The van der Waals surface area contributed by atoms with Crippen LogP contribution in [0.4, 0.5) is 4.39 Å². The molecule has 3 aromatic rings. The highest BCUT2D eigenvalue weighted by Crippen LogP contribution is 2.32. The lowest BCUT2D eigenvalue weighted by Crippen LogP contribution is -2.48. The molecule has 12 heteroatoms. The molecule has 0 bridgehead atoms. The quantitative estimate of drug-likeness (QED) is 0.372. The van der Waals surface area contributed by atoms with E-state index in [1.54, 1.807) is 35.0 Å². The van der Waals surface area contributed by atoms with Crippen LogP contribution in [0.25, 0.3) is 0 Å². The molecule has 1 atom stereocenters. The largest absolute Gasteiger partial charge is 0.493 e. The highest BCUT2D eigenvalue weighted by molar-refractivity contribution is 7.89. The molecule has 0 unspecified atom stereocenters. The maximum Gasteiger partial charge on any atom is 0.244 e. The van der Waals surface area contributed by atoms with Crippen molar-refractivity contribution >= 4 is 38.9 Å². The molecule has 0 radical (unpaired) electrons. The van der Waals surface area contributed by atoms with Gasteiger partial charge in [0.15, 0.2) is 11.5 Å². The third kappa shape index (κ3) is 6.45. The second kappa shape index (κ2) is 12.4. The van der Waals surface area contributed by atoms with E-state index in [2.05, 4.69) is 10.3 Å². The number of aryl methyl sites for hydroxylation is 1. The maximum absolute atomic E-state index is 13.8. The zero-order chi connectivity index (χ0) is 27.3. The summed E-state index contributed by atoms with van der Waals surface area (Å²) in [5.74, 6) is -0.138. The van der Waals surface area contributed by atoms with E-state index in [1.165, 1.54) is 7.11 Å². The lowest BCUT2D eigenvalue weighted by atomic mass is 10.1. The van der Waals surface area contributed by atoms with Gasteiger partial charge in [0.25, 0.3) is 0 Å². The molecule has 4 rings (SSSR count). The summed E-state index contributed by atoms with van der Waals surface area (Å²) in [5, 5.41) is 2.48. The van der Waals surface area contributed by atoms with Crippen LogP contribution in [-0.4, -0.2) is 49.9 Å². The van der Waals surface area contributed by atoms with E-state index in [9.17, 15) is 17.6 Å². The number of hydrogen-bond donors (Lipinski definition) is 1. The Hall–Kier alpha value is -2.73. The van der Waals surface area contributed by atoms with E-state index in [0.29, 0.717) is 49.5 Å². The first-order chi connectivity index (χ1) is 18.2. The normalized spacial score (nSPS) is 16.2. The number of halogens is 2. The minimum absolute atomic E-state index is 0.105. The van der Waals surface area contributed by atoms with Gasteiger partial charge in [-0.3, -0.25) is 4.79 Å². The van der Waals surface area contributed by atoms with Crippen molar-refractivity contribution in [3.8, 4) is 11.5 Å². The van der Waals surface area contributed by atoms with Crippen LogP contribution in [0.2, 0.25) is 5.02 Å². The third-order valence-corrected chi connectivity index (χ3v) is 9.48. The van der Waals surface area contributed by atoms with E-state index in [4.69, 9.17) is 21.1 Å². The van der Waals surface area contributed by atoms with Crippen molar-refractivity contribution in [2.24, 2.45) is 0 Å². The molecule has 0 aliphatic carbocycles. The first kappa shape index (κ1) is 28.3. The number of carbonyl (C=O) groups is 1. The van der Waals surface area contributed by atoms with Crippen LogP contribution in [0, 0.1) is 12.7 Å². The minimum Gasteiger partial charge on any atom is -0.493 e. The van der Waals surface area contributed by atoms with E-state index < -0.39 is 21.9 Å². The summed E-state index contributed by atoms with van der Waals surface area (Å²) >= 11 is 7.47. The zero-order valence-electron chi connectivity index (χ0n) is 21.1. The fourth-order valence-electron chi connectivity index (χ4n) is 4.26. The molecule has 0 spiro atoms. The van der Waals surface area contributed by atoms with Crippen molar-refractivity contribution in [2.75, 3.05) is 20.3 Å². The van der Waals surface area contributed by atoms with Gasteiger partial charge in [-0.2, -0.15) is 4.31 Å². The molecule has 1 aliphatic heterocycles. The van der Waals surface area contributed by atoms with Gasteiger partial charge in [0, 0.05) is 24.4 Å². The van der Waals surface area contributed by atoms with Crippen LogP contribution < -0.4 is 14.8 Å². The Morgan fingerprint density at radius 2 is 2.03 bits per heavy atom. The number of nitrogens with one attached hydrogen (secondary N) is 1. The summed E-state index contributed by atoms with van der Waals surface area (Å²) in [5.41, 5.74) is 3.38. The average Bonchev–Trinajstić information content (AvgIpc) is 3.18. The number of methoxy groups -OCH3 is 1. The van der Waals surface area contributed by atoms with Gasteiger partial charge in [-0.25, -0.2) is 17.8 Å². The standard InChI is InChI=1S/C26H29ClFN3O5S2/c1-17-25(37-16-30-17)10-12-36-23-9-6-18(13-24(23)35-2)15-31(22-5-3-4-11-29-26(22)32)38(33,34)19-7-8-21(28)20(27)14-19/h6-9,13-14,16,22H,3-5,10-12,15H2,1-2H3,(H,29,32)/t22-/m0/s1. The van der Waals surface area contributed by atoms with E-state index >= 15 is 0 Å². The van der Waals surface area contributed by atoms with Crippen LogP contribution in [0.3, 0.4) is 0 Å². The number of benzene rings is 2. The van der Waals surface area contributed by atoms with Gasteiger partial charge in [-0.1, -0.05) is 17.7 Å². The van der Waals surface area contributed by atoms with Crippen molar-refractivity contribution < 1.29 is 27.1 Å². The van der Waals surface area contributed by atoms with E-state index in [0.717, 1.165) is 39.5 Å². The maximum atomic E-state index is 13.8. The number of aromatic nitrogens is 1. The van der Waals surface area contributed by atoms with Gasteiger partial charge in [-0.15, -0.1) is 11.3 Å². The van der Waals surface area contributed by atoms with Gasteiger partial charge < -0.3 is 14.8 Å². The molecule has 2 heterocycles. The first-order valence-corrected chi connectivity index (χ1v) is 14.8. The van der Waals surface area contributed by atoms with Gasteiger partial charge in [0.05, 0.1) is 34.8 Å². The van der Waals surface area contributed by atoms with Crippen molar-refractivity contribution in [1.29, 1.82) is 0 Å². The minimum atomic E-state index is -4.22. The van der Waals surface area contributed by atoms with Gasteiger partial charge >= 0.3 is 0 Å².